The first kappa shape index (κ1) is 13.3. The Kier molecular flexibility index (Phi) is 3.91. The molecule has 0 aromatic heterocycles. The number of carbonyl (C=O) groups is 1. The molecule has 18 heavy (non-hydrogen) atoms. The number of ketones is 1. The van der Waals surface area contributed by atoms with Gasteiger partial charge in [0.05, 0.1) is 0 Å². The Labute approximate surface area is 117 Å². The molecule has 0 amide bonds. The Morgan fingerprint density at radius 1 is 1.22 bits per heavy atom. The van der Waals surface area contributed by atoms with Crippen LogP contribution in [0.25, 0.3) is 0 Å². The summed E-state index contributed by atoms with van der Waals surface area (Å²) < 4.78 is 1.08. The van der Waals surface area contributed by atoms with E-state index in [1.54, 1.807) is 6.08 Å². The predicted molar refractivity (Wildman–Crippen MR) is 77.1 cm³/mol. The van der Waals surface area contributed by atoms with Crippen molar-refractivity contribution in [3.05, 3.63) is 46.1 Å². The zero-order valence-corrected chi connectivity index (χ0v) is 12.4. The molecule has 2 rings (SSSR count). The highest BCUT2D eigenvalue weighted by molar-refractivity contribution is 9.10. The van der Waals surface area contributed by atoms with Crippen molar-refractivity contribution in [2.75, 3.05) is 0 Å². The van der Waals surface area contributed by atoms with Crippen LogP contribution in [0.15, 0.2) is 40.5 Å². The van der Waals surface area contributed by atoms with Crippen LogP contribution in [-0.4, -0.2) is 5.78 Å². The van der Waals surface area contributed by atoms with Crippen molar-refractivity contribution in [2.45, 2.75) is 33.2 Å². The molecule has 0 heterocycles. The second-order valence-corrected chi connectivity index (χ2v) is 6.55. The first-order valence-electron chi connectivity index (χ1n) is 6.16. The highest BCUT2D eigenvalue weighted by atomic mass is 79.9. The lowest BCUT2D eigenvalue weighted by Crippen LogP contribution is -2.27. The Morgan fingerprint density at radius 2 is 1.89 bits per heavy atom. The molecule has 1 aliphatic carbocycles. The van der Waals surface area contributed by atoms with Crippen molar-refractivity contribution in [2.24, 2.45) is 5.41 Å². The Bertz CT molecular complexity index is 474. The normalized spacial score (nSPS) is 18.4. The van der Waals surface area contributed by atoms with Crippen LogP contribution >= 0.6 is 15.9 Å². The van der Waals surface area contributed by atoms with E-state index in [2.05, 4.69) is 47.2 Å². The summed E-state index contributed by atoms with van der Waals surface area (Å²) >= 11 is 3.42. The number of allylic oxidation sites excluding steroid dienone is 2. The van der Waals surface area contributed by atoms with Gasteiger partial charge >= 0.3 is 0 Å². The molecule has 0 atom stereocenters. The van der Waals surface area contributed by atoms with Crippen molar-refractivity contribution < 1.29 is 4.79 Å². The first-order chi connectivity index (χ1) is 8.44. The van der Waals surface area contributed by atoms with Crippen LogP contribution in [0.4, 0.5) is 0 Å². The van der Waals surface area contributed by atoms with Gasteiger partial charge in [0, 0.05) is 29.2 Å². The highest BCUT2D eigenvalue weighted by Gasteiger charge is 2.27. The fourth-order valence-electron chi connectivity index (χ4n) is 2.28. The minimum absolute atomic E-state index is 0.0773. The summed E-state index contributed by atoms with van der Waals surface area (Å²) in [5.74, 6) is 0.226. The van der Waals surface area contributed by atoms with Crippen LogP contribution in [0.2, 0.25) is 0 Å². The van der Waals surface area contributed by atoms with E-state index in [9.17, 15) is 4.79 Å². The molecular weight excluding hydrogens is 290 g/mol. The largest absolute Gasteiger partial charge is 0.384 e. The smallest absolute Gasteiger partial charge is 0.157 e. The molecule has 0 saturated carbocycles. The molecule has 1 aromatic rings. The fraction of sp³-hybridized carbons (Fsp3) is 0.400. The van der Waals surface area contributed by atoms with Gasteiger partial charge in [-0.25, -0.2) is 0 Å². The Morgan fingerprint density at radius 3 is 2.50 bits per heavy atom. The third-order valence-electron chi connectivity index (χ3n) is 3.09. The minimum Gasteiger partial charge on any atom is -0.384 e. The van der Waals surface area contributed by atoms with Crippen LogP contribution in [0.3, 0.4) is 0 Å². The van der Waals surface area contributed by atoms with Crippen molar-refractivity contribution >= 4 is 21.7 Å². The summed E-state index contributed by atoms with van der Waals surface area (Å²) in [5, 5.41) is 3.37. The van der Waals surface area contributed by atoms with Gasteiger partial charge in [-0.2, -0.15) is 0 Å². The third kappa shape index (κ3) is 3.70. The van der Waals surface area contributed by atoms with Crippen molar-refractivity contribution in [3.63, 3.8) is 0 Å². The summed E-state index contributed by atoms with van der Waals surface area (Å²) in [7, 11) is 0. The quantitative estimate of drug-likeness (QED) is 0.920. The van der Waals surface area contributed by atoms with Crippen LogP contribution < -0.4 is 5.32 Å². The lowest BCUT2D eigenvalue weighted by atomic mass is 9.79. The molecule has 0 radical (unpaired) electrons. The molecule has 0 fully saturated rings. The highest BCUT2D eigenvalue weighted by Crippen LogP contribution is 2.32. The van der Waals surface area contributed by atoms with Crippen LogP contribution in [0.5, 0.6) is 0 Å². The number of nitrogens with one attached hydrogen (secondary N) is 1. The second-order valence-electron chi connectivity index (χ2n) is 5.63. The van der Waals surface area contributed by atoms with Gasteiger partial charge in [0.15, 0.2) is 5.78 Å². The van der Waals surface area contributed by atoms with Gasteiger partial charge in [-0.1, -0.05) is 41.9 Å². The SMILES string of the molecule is CC1(C)CC(=O)C=C(NCc2ccc(Br)cc2)C1. The van der Waals surface area contributed by atoms with Crippen molar-refractivity contribution in [3.8, 4) is 0 Å². The minimum atomic E-state index is 0.0773. The topological polar surface area (TPSA) is 29.1 Å². The summed E-state index contributed by atoms with van der Waals surface area (Å²) in [6.07, 6.45) is 3.34. The van der Waals surface area contributed by atoms with Crippen LogP contribution in [0, 0.1) is 5.41 Å². The zero-order valence-electron chi connectivity index (χ0n) is 10.8. The molecule has 0 bridgehead atoms. The lowest BCUT2D eigenvalue weighted by Gasteiger charge is -2.29. The van der Waals surface area contributed by atoms with Gasteiger partial charge in [-0.05, 0) is 29.5 Å². The van der Waals surface area contributed by atoms with E-state index in [0.29, 0.717) is 6.42 Å². The maximum atomic E-state index is 11.6. The number of hydrogen-bond donors (Lipinski definition) is 1. The number of rotatable bonds is 3. The molecule has 96 valence electrons. The number of hydrogen-bond acceptors (Lipinski definition) is 2. The van der Waals surface area contributed by atoms with Gasteiger partial charge in [0.1, 0.15) is 0 Å². The molecule has 0 aliphatic heterocycles. The Balaban J connectivity index is 1.98. The van der Waals surface area contributed by atoms with Gasteiger partial charge < -0.3 is 5.32 Å². The standard InChI is InChI=1S/C15H18BrNO/c1-15(2)8-13(7-14(18)9-15)17-10-11-3-5-12(16)6-4-11/h3-7,17H,8-10H2,1-2H3. The van der Waals surface area contributed by atoms with E-state index >= 15 is 0 Å². The maximum absolute atomic E-state index is 11.6. The monoisotopic (exact) mass is 307 g/mol. The summed E-state index contributed by atoms with van der Waals surface area (Å²) in [6, 6.07) is 8.21. The summed E-state index contributed by atoms with van der Waals surface area (Å²) in [5.41, 5.74) is 2.35. The van der Waals surface area contributed by atoms with Crippen LogP contribution in [-0.2, 0) is 11.3 Å². The number of benzene rings is 1. The molecule has 1 aromatic carbocycles. The van der Waals surface area contributed by atoms with Gasteiger partial charge in [0.25, 0.3) is 0 Å². The second kappa shape index (κ2) is 5.27. The average molecular weight is 308 g/mol. The summed E-state index contributed by atoms with van der Waals surface area (Å²) in [4.78, 5) is 11.6. The third-order valence-corrected chi connectivity index (χ3v) is 3.62. The van der Waals surface area contributed by atoms with Gasteiger partial charge in [0.2, 0.25) is 0 Å². The van der Waals surface area contributed by atoms with E-state index in [1.807, 2.05) is 12.1 Å². The molecular formula is C15H18BrNO. The molecule has 1 aliphatic rings. The van der Waals surface area contributed by atoms with Crippen LogP contribution in [0.1, 0.15) is 32.3 Å². The van der Waals surface area contributed by atoms with E-state index in [0.717, 1.165) is 23.1 Å². The first-order valence-corrected chi connectivity index (χ1v) is 6.96. The average Bonchev–Trinajstić information content (AvgIpc) is 2.25. The van der Waals surface area contributed by atoms with Gasteiger partial charge in [-0.3, -0.25) is 4.79 Å². The fourth-order valence-corrected chi connectivity index (χ4v) is 2.54. The number of halogens is 1. The molecule has 0 saturated heterocycles. The van der Waals surface area contributed by atoms with E-state index in [-0.39, 0.29) is 11.2 Å². The predicted octanol–water partition coefficient (Wildman–Crippen LogP) is 3.81. The van der Waals surface area contributed by atoms with E-state index in [1.165, 1.54) is 5.56 Å². The zero-order chi connectivity index (χ0) is 13.2. The van der Waals surface area contributed by atoms with Crippen molar-refractivity contribution in [1.29, 1.82) is 0 Å². The molecule has 3 heteroatoms. The molecule has 1 N–H and O–H groups in total. The lowest BCUT2D eigenvalue weighted by molar-refractivity contribution is -0.117. The Hall–Kier alpha value is -1.09. The number of carbonyl (C=O) groups excluding carboxylic acids is 1. The summed E-state index contributed by atoms with van der Waals surface area (Å²) in [6.45, 7) is 5.04. The van der Waals surface area contributed by atoms with Gasteiger partial charge in [-0.15, -0.1) is 0 Å². The molecule has 0 spiro atoms. The molecule has 0 unspecified atom stereocenters. The van der Waals surface area contributed by atoms with E-state index < -0.39 is 0 Å². The molecule has 2 nitrogen and oxygen atoms in total. The van der Waals surface area contributed by atoms with E-state index in [4.69, 9.17) is 0 Å². The van der Waals surface area contributed by atoms with Crippen molar-refractivity contribution in [1.82, 2.24) is 5.32 Å². The maximum Gasteiger partial charge on any atom is 0.157 e.